The molecule has 1 heterocycles. The Morgan fingerprint density at radius 2 is 1.71 bits per heavy atom. The molecule has 0 unspecified atom stereocenters. The fourth-order valence-electron chi connectivity index (χ4n) is 2.82. The number of rotatable bonds is 9. The lowest BCUT2D eigenvalue weighted by atomic mass is 10.2. The third-order valence-corrected chi connectivity index (χ3v) is 6.52. The molecule has 0 aliphatic carbocycles. The molecule has 0 fully saturated rings. The maximum absolute atomic E-state index is 12.5. The molecule has 0 radical (unpaired) electrons. The Morgan fingerprint density at radius 3 is 2.35 bits per heavy atom. The zero-order chi connectivity index (χ0) is 22.3. The summed E-state index contributed by atoms with van der Waals surface area (Å²) in [6, 6.07) is 15.6. The van der Waals surface area contributed by atoms with Crippen molar-refractivity contribution < 1.29 is 22.4 Å². The minimum absolute atomic E-state index is 0.149. The molecule has 0 bridgehead atoms. The SMILES string of the molecule is CCN(CC)S(=O)(=O)c1ccc(C=CC(=O)OCc2nnc(-c3ccccc3)o2)cc1. The van der Waals surface area contributed by atoms with Crippen molar-refractivity contribution in [3.05, 3.63) is 72.1 Å². The van der Waals surface area contributed by atoms with Crippen molar-refractivity contribution in [2.24, 2.45) is 0 Å². The van der Waals surface area contributed by atoms with Gasteiger partial charge >= 0.3 is 5.97 Å². The molecule has 1 aromatic heterocycles. The number of carbonyl (C=O) groups excluding carboxylic acids is 1. The molecule has 9 heteroatoms. The second-order valence-electron chi connectivity index (χ2n) is 6.47. The summed E-state index contributed by atoms with van der Waals surface area (Å²) in [6.07, 6.45) is 2.79. The van der Waals surface area contributed by atoms with E-state index in [0.717, 1.165) is 5.56 Å². The van der Waals surface area contributed by atoms with Crippen LogP contribution >= 0.6 is 0 Å². The molecular weight excluding hydrogens is 418 g/mol. The predicted molar refractivity (Wildman–Crippen MR) is 115 cm³/mol. The largest absolute Gasteiger partial charge is 0.452 e. The van der Waals surface area contributed by atoms with Crippen LogP contribution in [0.5, 0.6) is 0 Å². The molecule has 0 aliphatic heterocycles. The number of hydrogen-bond acceptors (Lipinski definition) is 7. The minimum Gasteiger partial charge on any atom is -0.452 e. The van der Waals surface area contributed by atoms with Gasteiger partial charge in [-0.25, -0.2) is 13.2 Å². The lowest BCUT2D eigenvalue weighted by Gasteiger charge is -2.18. The third kappa shape index (κ3) is 5.65. The minimum atomic E-state index is -3.51. The van der Waals surface area contributed by atoms with E-state index in [1.54, 1.807) is 32.1 Å². The van der Waals surface area contributed by atoms with E-state index in [9.17, 15) is 13.2 Å². The van der Waals surface area contributed by atoms with Crippen molar-refractivity contribution in [2.75, 3.05) is 13.1 Å². The smallest absolute Gasteiger partial charge is 0.331 e. The van der Waals surface area contributed by atoms with Crippen molar-refractivity contribution in [2.45, 2.75) is 25.3 Å². The van der Waals surface area contributed by atoms with Crippen LogP contribution in [-0.4, -0.2) is 42.0 Å². The number of nitrogens with zero attached hydrogens (tertiary/aromatic N) is 3. The molecule has 162 valence electrons. The average molecular weight is 442 g/mol. The number of carbonyl (C=O) groups is 1. The summed E-state index contributed by atoms with van der Waals surface area (Å²) in [4.78, 5) is 12.2. The monoisotopic (exact) mass is 441 g/mol. The molecule has 0 spiro atoms. The Morgan fingerprint density at radius 1 is 1.03 bits per heavy atom. The summed E-state index contributed by atoms with van der Waals surface area (Å²) >= 11 is 0. The number of hydrogen-bond donors (Lipinski definition) is 0. The second kappa shape index (κ2) is 10.1. The molecule has 0 amide bonds. The fourth-order valence-corrected chi connectivity index (χ4v) is 4.28. The molecule has 0 saturated carbocycles. The maximum atomic E-state index is 12.5. The van der Waals surface area contributed by atoms with Crippen LogP contribution in [0.15, 0.2) is 70.0 Å². The Hall–Kier alpha value is -3.30. The zero-order valence-electron chi connectivity index (χ0n) is 17.3. The van der Waals surface area contributed by atoms with Crippen LogP contribution in [-0.2, 0) is 26.2 Å². The summed E-state index contributed by atoms with van der Waals surface area (Å²) < 4.78 is 37.0. The van der Waals surface area contributed by atoms with E-state index in [4.69, 9.17) is 9.15 Å². The Bertz CT molecular complexity index is 1140. The first-order valence-electron chi connectivity index (χ1n) is 9.77. The van der Waals surface area contributed by atoms with Crippen LogP contribution in [0.1, 0.15) is 25.3 Å². The Kier molecular flexibility index (Phi) is 7.32. The highest BCUT2D eigenvalue weighted by Gasteiger charge is 2.20. The van der Waals surface area contributed by atoms with E-state index in [2.05, 4.69) is 10.2 Å². The van der Waals surface area contributed by atoms with E-state index < -0.39 is 16.0 Å². The Balaban J connectivity index is 1.56. The van der Waals surface area contributed by atoms with Crippen LogP contribution < -0.4 is 0 Å². The summed E-state index contributed by atoms with van der Waals surface area (Å²) in [7, 11) is -3.51. The molecule has 31 heavy (non-hydrogen) atoms. The molecule has 8 nitrogen and oxygen atoms in total. The highest BCUT2D eigenvalue weighted by Crippen LogP contribution is 2.18. The molecule has 0 aliphatic rings. The zero-order valence-corrected chi connectivity index (χ0v) is 18.1. The quantitative estimate of drug-likeness (QED) is 0.370. The van der Waals surface area contributed by atoms with E-state index >= 15 is 0 Å². The lowest BCUT2D eigenvalue weighted by molar-refractivity contribution is -0.139. The number of benzene rings is 2. The first kappa shape index (κ1) is 22.4. The molecule has 0 atom stereocenters. The predicted octanol–water partition coefficient (Wildman–Crippen LogP) is 3.52. The number of ether oxygens (including phenoxy) is 1. The summed E-state index contributed by atoms with van der Waals surface area (Å²) in [5.41, 5.74) is 1.44. The van der Waals surface area contributed by atoms with Crippen molar-refractivity contribution in [3.63, 3.8) is 0 Å². The summed E-state index contributed by atoms with van der Waals surface area (Å²) in [6.45, 7) is 4.24. The molecule has 0 saturated heterocycles. The van der Waals surface area contributed by atoms with Crippen LogP contribution in [0.4, 0.5) is 0 Å². The maximum Gasteiger partial charge on any atom is 0.331 e. The molecule has 2 aromatic carbocycles. The molecule has 0 N–H and O–H groups in total. The number of aromatic nitrogens is 2. The number of esters is 1. The van der Waals surface area contributed by atoms with Crippen LogP contribution in [0, 0.1) is 0 Å². The van der Waals surface area contributed by atoms with Gasteiger partial charge in [0.15, 0.2) is 6.61 Å². The van der Waals surface area contributed by atoms with Gasteiger partial charge in [0.25, 0.3) is 5.89 Å². The highest BCUT2D eigenvalue weighted by molar-refractivity contribution is 7.89. The molecule has 3 rings (SSSR count). The summed E-state index contributed by atoms with van der Waals surface area (Å²) in [5, 5.41) is 7.80. The van der Waals surface area contributed by atoms with Gasteiger partial charge in [0.1, 0.15) is 0 Å². The van der Waals surface area contributed by atoms with Gasteiger partial charge in [-0.2, -0.15) is 4.31 Å². The molecular formula is C22H23N3O5S. The number of sulfonamides is 1. The van der Waals surface area contributed by atoms with Crippen molar-refractivity contribution >= 4 is 22.1 Å². The van der Waals surface area contributed by atoms with E-state index in [0.29, 0.717) is 24.5 Å². The fraction of sp³-hybridized carbons (Fsp3) is 0.227. The van der Waals surface area contributed by atoms with E-state index in [1.165, 1.54) is 22.5 Å². The average Bonchev–Trinajstić information content (AvgIpc) is 3.27. The van der Waals surface area contributed by atoms with Crippen molar-refractivity contribution in [3.8, 4) is 11.5 Å². The van der Waals surface area contributed by atoms with Crippen LogP contribution in [0.25, 0.3) is 17.5 Å². The van der Waals surface area contributed by atoms with E-state index in [-0.39, 0.29) is 17.4 Å². The first-order valence-corrected chi connectivity index (χ1v) is 11.2. The van der Waals surface area contributed by atoms with E-state index in [1.807, 2.05) is 30.3 Å². The first-order chi connectivity index (χ1) is 14.9. The van der Waals surface area contributed by atoms with Gasteiger partial charge in [-0.15, -0.1) is 10.2 Å². The van der Waals surface area contributed by atoms with Crippen LogP contribution in [0.2, 0.25) is 0 Å². The highest BCUT2D eigenvalue weighted by atomic mass is 32.2. The molecule has 3 aromatic rings. The normalized spacial score (nSPS) is 11.8. The topological polar surface area (TPSA) is 103 Å². The van der Waals surface area contributed by atoms with Gasteiger partial charge in [-0.1, -0.05) is 44.2 Å². The van der Waals surface area contributed by atoms with Gasteiger partial charge in [-0.05, 0) is 35.9 Å². The van der Waals surface area contributed by atoms with Gasteiger partial charge in [0, 0.05) is 24.7 Å². The van der Waals surface area contributed by atoms with Crippen molar-refractivity contribution in [1.82, 2.24) is 14.5 Å². The summed E-state index contributed by atoms with van der Waals surface area (Å²) in [5.74, 6) is -0.0483. The van der Waals surface area contributed by atoms with Gasteiger partial charge in [-0.3, -0.25) is 0 Å². The van der Waals surface area contributed by atoms with Crippen LogP contribution in [0.3, 0.4) is 0 Å². The lowest BCUT2D eigenvalue weighted by Crippen LogP contribution is -2.30. The van der Waals surface area contributed by atoms with Gasteiger partial charge in [0.05, 0.1) is 4.90 Å². The van der Waals surface area contributed by atoms with Gasteiger partial charge in [0.2, 0.25) is 15.9 Å². The standard InChI is InChI=1S/C22H23N3O5S/c1-3-25(4-2)31(27,28)19-13-10-17(11-14-19)12-15-21(26)29-16-20-23-24-22(30-20)18-8-6-5-7-9-18/h5-15H,3-4,16H2,1-2H3. The van der Waals surface area contributed by atoms with Gasteiger partial charge < -0.3 is 9.15 Å². The Labute approximate surface area is 181 Å². The third-order valence-electron chi connectivity index (χ3n) is 4.46. The second-order valence-corrected chi connectivity index (χ2v) is 8.40. The van der Waals surface area contributed by atoms with Crippen molar-refractivity contribution in [1.29, 1.82) is 0 Å².